The zero-order valence-electron chi connectivity index (χ0n) is 12.4. The van der Waals surface area contributed by atoms with Crippen LogP contribution in [0.2, 0.25) is 0 Å². The standard InChI is InChI=1S/C17H19NO2S/c1-10-5-12(9-18)6-11(2)16(10)17(19)13-7-14-3-4-15(8-13)21(14)20/h5-6,13-15H,3-4,7-8H2,1-2H3. The lowest BCUT2D eigenvalue weighted by atomic mass is 9.86. The summed E-state index contributed by atoms with van der Waals surface area (Å²) in [5, 5.41) is 9.44. The fourth-order valence-corrected chi connectivity index (χ4v) is 5.99. The molecule has 2 aliphatic heterocycles. The van der Waals surface area contributed by atoms with Crippen molar-refractivity contribution in [2.45, 2.75) is 50.0 Å². The first kappa shape index (κ1) is 14.5. The number of carbonyl (C=O) groups is 1. The number of carbonyl (C=O) groups excluding carboxylic acids is 1. The van der Waals surface area contributed by atoms with Crippen molar-refractivity contribution in [1.29, 1.82) is 5.26 Å². The van der Waals surface area contributed by atoms with E-state index in [1.807, 2.05) is 13.8 Å². The maximum Gasteiger partial charge on any atom is 0.166 e. The van der Waals surface area contributed by atoms with E-state index < -0.39 is 10.8 Å². The molecule has 0 N–H and O–H groups in total. The number of benzene rings is 1. The molecule has 2 unspecified atom stereocenters. The molecular formula is C17H19NO2S. The highest BCUT2D eigenvalue weighted by Crippen LogP contribution is 2.40. The second-order valence-corrected chi connectivity index (χ2v) is 8.27. The van der Waals surface area contributed by atoms with Crippen molar-refractivity contribution in [3.63, 3.8) is 0 Å². The third-order valence-electron chi connectivity index (χ3n) is 4.84. The number of nitriles is 1. The molecule has 2 bridgehead atoms. The van der Waals surface area contributed by atoms with E-state index in [4.69, 9.17) is 5.26 Å². The van der Waals surface area contributed by atoms with Gasteiger partial charge in [-0.05, 0) is 62.8 Å². The van der Waals surface area contributed by atoms with Crippen LogP contribution in [-0.4, -0.2) is 20.5 Å². The van der Waals surface area contributed by atoms with Gasteiger partial charge in [0.25, 0.3) is 0 Å². The van der Waals surface area contributed by atoms with Crippen LogP contribution in [0.15, 0.2) is 12.1 Å². The van der Waals surface area contributed by atoms with Gasteiger partial charge < -0.3 is 0 Å². The van der Waals surface area contributed by atoms with Gasteiger partial charge in [-0.3, -0.25) is 9.00 Å². The largest absolute Gasteiger partial charge is 0.294 e. The summed E-state index contributed by atoms with van der Waals surface area (Å²) < 4.78 is 12.1. The maximum absolute atomic E-state index is 12.9. The number of aryl methyl sites for hydroxylation is 2. The quantitative estimate of drug-likeness (QED) is 0.789. The van der Waals surface area contributed by atoms with Crippen LogP contribution in [0.25, 0.3) is 0 Å². The van der Waals surface area contributed by atoms with Gasteiger partial charge in [0, 0.05) is 32.8 Å². The first-order chi connectivity index (χ1) is 10.0. The van der Waals surface area contributed by atoms with Crippen LogP contribution >= 0.6 is 0 Å². The summed E-state index contributed by atoms with van der Waals surface area (Å²) in [6.07, 6.45) is 3.54. The van der Waals surface area contributed by atoms with E-state index in [0.29, 0.717) is 5.56 Å². The molecule has 3 nitrogen and oxygen atoms in total. The Labute approximate surface area is 127 Å². The predicted octanol–water partition coefficient (Wildman–Crippen LogP) is 3.05. The minimum Gasteiger partial charge on any atom is -0.294 e. The number of ketones is 1. The van der Waals surface area contributed by atoms with E-state index in [9.17, 15) is 9.00 Å². The Morgan fingerprint density at radius 2 is 1.71 bits per heavy atom. The van der Waals surface area contributed by atoms with Crippen LogP contribution in [0.4, 0.5) is 0 Å². The van der Waals surface area contributed by atoms with Gasteiger partial charge in [0.05, 0.1) is 11.6 Å². The van der Waals surface area contributed by atoms with Crippen molar-refractivity contribution < 1.29 is 9.00 Å². The smallest absolute Gasteiger partial charge is 0.166 e. The molecule has 0 aromatic heterocycles. The third kappa shape index (κ3) is 2.44. The van der Waals surface area contributed by atoms with E-state index in [1.54, 1.807) is 12.1 Å². The molecule has 0 spiro atoms. The molecule has 0 aliphatic carbocycles. The van der Waals surface area contributed by atoms with Crippen molar-refractivity contribution in [2.24, 2.45) is 5.92 Å². The highest BCUT2D eigenvalue weighted by Gasteiger charge is 2.43. The fourth-order valence-electron chi connectivity index (χ4n) is 3.87. The first-order valence-corrected chi connectivity index (χ1v) is 8.73. The number of Topliss-reactive ketones (excluding diaryl/α,β-unsaturated/α-hetero) is 1. The fraction of sp³-hybridized carbons (Fsp3) is 0.529. The maximum atomic E-state index is 12.9. The zero-order chi connectivity index (χ0) is 15.1. The molecule has 1 aromatic rings. The number of hydrogen-bond donors (Lipinski definition) is 0. The highest BCUT2D eigenvalue weighted by atomic mass is 32.2. The van der Waals surface area contributed by atoms with E-state index in [-0.39, 0.29) is 22.2 Å². The normalized spacial score (nSPS) is 30.9. The van der Waals surface area contributed by atoms with Crippen LogP contribution in [0.5, 0.6) is 0 Å². The molecule has 3 rings (SSSR count). The van der Waals surface area contributed by atoms with Crippen LogP contribution in [0, 0.1) is 31.1 Å². The monoisotopic (exact) mass is 301 g/mol. The summed E-state index contributed by atoms with van der Waals surface area (Å²) in [7, 11) is -0.723. The molecule has 1 aromatic carbocycles. The van der Waals surface area contributed by atoms with Gasteiger partial charge in [0.2, 0.25) is 0 Å². The molecule has 2 fully saturated rings. The van der Waals surface area contributed by atoms with Crippen molar-refractivity contribution in [3.8, 4) is 6.07 Å². The first-order valence-electron chi connectivity index (χ1n) is 7.46. The molecule has 0 saturated carbocycles. The number of nitrogens with zero attached hydrogens (tertiary/aromatic N) is 1. The van der Waals surface area contributed by atoms with E-state index in [2.05, 4.69) is 6.07 Å². The Kier molecular flexibility index (Phi) is 3.71. The molecule has 2 heterocycles. The minimum atomic E-state index is -0.723. The molecule has 4 heteroatoms. The van der Waals surface area contributed by atoms with E-state index in [0.717, 1.165) is 42.4 Å². The summed E-state index contributed by atoms with van der Waals surface area (Å²) in [6.45, 7) is 3.80. The molecule has 0 radical (unpaired) electrons. The van der Waals surface area contributed by atoms with Gasteiger partial charge in [0.1, 0.15) is 0 Å². The van der Waals surface area contributed by atoms with Crippen molar-refractivity contribution in [3.05, 3.63) is 34.4 Å². The Morgan fingerprint density at radius 3 is 2.19 bits per heavy atom. The van der Waals surface area contributed by atoms with Gasteiger partial charge in [-0.25, -0.2) is 0 Å². The Hall–Kier alpha value is -1.47. The molecule has 2 saturated heterocycles. The second-order valence-electron chi connectivity index (χ2n) is 6.28. The minimum absolute atomic E-state index is 0.00513. The van der Waals surface area contributed by atoms with Gasteiger partial charge in [-0.15, -0.1) is 0 Å². The molecule has 0 amide bonds. The zero-order valence-corrected chi connectivity index (χ0v) is 13.2. The highest BCUT2D eigenvalue weighted by molar-refractivity contribution is 7.86. The summed E-state index contributed by atoms with van der Waals surface area (Å²) in [4.78, 5) is 12.9. The molecule has 2 atom stereocenters. The van der Waals surface area contributed by atoms with Gasteiger partial charge >= 0.3 is 0 Å². The van der Waals surface area contributed by atoms with Crippen LogP contribution in [0.3, 0.4) is 0 Å². The number of fused-ring (bicyclic) bond motifs is 2. The molecule has 2 aliphatic rings. The lowest BCUT2D eigenvalue weighted by Crippen LogP contribution is -2.32. The van der Waals surface area contributed by atoms with Crippen molar-refractivity contribution in [1.82, 2.24) is 0 Å². The van der Waals surface area contributed by atoms with Crippen LogP contribution in [-0.2, 0) is 10.8 Å². The summed E-state index contributed by atoms with van der Waals surface area (Å²) in [5.74, 6) is 0.189. The van der Waals surface area contributed by atoms with Crippen LogP contribution < -0.4 is 0 Å². The Bertz CT molecular complexity index is 635. The van der Waals surface area contributed by atoms with Crippen LogP contribution in [0.1, 0.15) is 52.7 Å². The van der Waals surface area contributed by atoms with Gasteiger partial charge in [-0.1, -0.05) is 0 Å². The average molecular weight is 301 g/mol. The summed E-state index contributed by atoms with van der Waals surface area (Å²) in [6, 6.07) is 5.71. The summed E-state index contributed by atoms with van der Waals surface area (Å²) >= 11 is 0. The average Bonchev–Trinajstić information content (AvgIpc) is 2.67. The SMILES string of the molecule is Cc1cc(C#N)cc(C)c1C(=O)C1CC2CCC(C1)S2=O. The third-order valence-corrected chi connectivity index (χ3v) is 7.01. The topological polar surface area (TPSA) is 57.9 Å². The van der Waals surface area contributed by atoms with E-state index >= 15 is 0 Å². The lowest BCUT2D eigenvalue weighted by Gasteiger charge is -2.27. The predicted molar refractivity (Wildman–Crippen MR) is 82.6 cm³/mol. The Morgan fingerprint density at radius 1 is 1.19 bits per heavy atom. The Balaban J connectivity index is 1.90. The lowest BCUT2D eigenvalue weighted by molar-refractivity contribution is 0.0905. The summed E-state index contributed by atoms with van der Waals surface area (Å²) in [5.41, 5.74) is 3.14. The number of hydrogen-bond acceptors (Lipinski definition) is 3. The molecule has 110 valence electrons. The van der Waals surface area contributed by atoms with Crippen molar-refractivity contribution >= 4 is 16.6 Å². The molecule has 21 heavy (non-hydrogen) atoms. The van der Waals surface area contributed by atoms with Crippen molar-refractivity contribution in [2.75, 3.05) is 0 Å². The van der Waals surface area contributed by atoms with E-state index in [1.165, 1.54) is 0 Å². The van der Waals surface area contributed by atoms with Gasteiger partial charge in [0.15, 0.2) is 5.78 Å². The van der Waals surface area contributed by atoms with Gasteiger partial charge in [-0.2, -0.15) is 5.26 Å². The second kappa shape index (κ2) is 5.38. The molecular weight excluding hydrogens is 282 g/mol. The number of rotatable bonds is 2.